The Balaban J connectivity index is 1.69. The molecule has 1 amide bonds. The van der Waals surface area contributed by atoms with Gasteiger partial charge in [-0.25, -0.2) is 0 Å². The van der Waals surface area contributed by atoms with Crippen molar-refractivity contribution in [2.75, 3.05) is 29.6 Å². The molecule has 0 aromatic heterocycles. The van der Waals surface area contributed by atoms with Crippen LogP contribution >= 0.6 is 11.8 Å². The highest BCUT2D eigenvalue weighted by molar-refractivity contribution is 7.99. The second-order valence-corrected chi connectivity index (χ2v) is 7.15. The molecular formula is C18H18N2OS. The summed E-state index contributed by atoms with van der Waals surface area (Å²) >= 11 is 1.89. The van der Waals surface area contributed by atoms with Crippen molar-refractivity contribution in [3.63, 3.8) is 0 Å². The first-order valence-corrected chi connectivity index (χ1v) is 8.50. The molecule has 2 heterocycles. The van der Waals surface area contributed by atoms with Crippen LogP contribution in [0.25, 0.3) is 0 Å². The van der Waals surface area contributed by atoms with Gasteiger partial charge >= 0.3 is 0 Å². The minimum atomic E-state index is 0.113. The van der Waals surface area contributed by atoms with Crippen LogP contribution in [0.15, 0.2) is 41.3 Å². The van der Waals surface area contributed by atoms with Gasteiger partial charge in [-0.1, -0.05) is 12.1 Å². The molecule has 0 bridgehead atoms. The molecule has 2 aliphatic rings. The van der Waals surface area contributed by atoms with Gasteiger partial charge in [0.1, 0.15) is 0 Å². The van der Waals surface area contributed by atoms with Gasteiger partial charge in [-0.3, -0.25) is 4.79 Å². The number of carbonyl (C=O) groups is 1. The molecule has 112 valence electrons. The van der Waals surface area contributed by atoms with Gasteiger partial charge in [0.25, 0.3) is 5.91 Å². The van der Waals surface area contributed by atoms with E-state index in [0.29, 0.717) is 6.54 Å². The van der Waals surface area contributed by atoms with E-state index in [-0.39, 0.29) is 5.91 Å². The molecule has 0 N–H and O–H groups in total. The van der Waals surface area contributed by atoms with E-state index < -0.39 is 0 Å². The Bertz CT molecular complexity index is 770. The highest BCUT2D eigenvalue weighted by Crippen LogP contribution is 2.37. The number of aryl methyl sites for hydroxylation is 1. The lowest BCUT2D eigenvalue weighted by Crippen LogP contribution is -2.23. The van der Waals surface area contributed by atoms with Gasteiger partial charge in [-0.05, 0) is 41.8 Å². The van der Waals surface area contributed by atoms with Gasteiger partial charge in [0.05, 0.1) is 6.54 Å². The molecule has 0 saturated carbocycles. The quantitative estimate of drug-likeness (QED) is 0.847. The van der Waals surface area contributed by atoms with E-state index in [0.717, 1.165) is 34.7 Å². The molecule has 0 aliphatic carbocycles. The molecule has 4 rings (SSSR count). The maximum Gasteiger partial charge on any atom is 0.259 e. The van der Waals surface area contributed by atoms with Gasteiger partial charge in [0, 0.05) is 41.7 Å². The van der Waals surface area contributed by atoms with E-state index in [4.69, 9.17) is 0 Å². The Labute approximate surface area is 134 Å². The molecule has 4 heteroatoms. The summed E-state index contributed by atoms with van der Waals surface area (Å²) in [4.78, 5) is 18.0. The molecule has 0 radical (unpaired) electrons. The normalized spacial score (nSPS) is 15.9. The number of hydrogen-bond acceptors (Lipinski definition) is 3. The summed E-state index contributed by atoms with van der Waals surface area (Å²) < 4.78 is 0. The van der Waals surface area contributed by atoms with Crippen LogP contribution in [-0.4, -0.2) is 25.8 Å². The lowest BCUT2D eigenvalue weighted by molar-refractivity contribution is 0.0996. The lowest BCUT2D eigenvalue weighted by atomic mass is 10.1. The molecule has 0 saturated heterocycles. The maximum atomic E-state index is 12.8. The third kappa shape index (κ3) is 2.10. The Hall–Kier alpha value is -1.94. The zero-order valence-corrected chi connectivity index (χ0v) is 13.6. The van der Waals surface area contributed by atoms with Crippen molar-refractivity contribution in [3.8, 4) is 0 Å². The molecule has 0 atom stereocenters. The van der Waals surface area contributed by atoms with Gasteiger partial charge in [0.15, 0.2) is 0 Å². The minimum Gasteiger partial charge on any atom is -0.378 e. The number of thioether (sulfide) groups is 1. The SMILES string of the molecule is CN(C)c1ccc2c(c1)C(=O)N(c1ccc3c(c1)SCC3)C2. The second kappa shape index (κ2) is 5.06. The van der Waals surface area contributed by atoms with Crippen molar-refractivity contribution in [3.05, 3.63) is 53.1 Å². The summed E-state index contributed by atoms with van der Waals surface area (Å²) in [5.41, 5.74) is 5.44. The number of benzene rings is 2. The first-order valence-electron chi connectivity index (χ1n) is 7.51. The maximum absolute atomic E-state index is 12.8. The molecule has 22 heavy (non-hydrogen) atoms. The highest BCUT2D eigenvalue weighted by Gasteiger charge is 2.29. The predicted octanol–water partition coefficient (Wildman–Crippen LogP) is 3.56. The van der Waals surface area contributed by atoms with Gasteiger partial charge in [-0.2, -0.15) is 0 Å². The van der Waals surface area contributed by atoms with Crippen LogP contribution in [0.1, 0.15) is 21.5 Å². The number of rotatable bonds is 2. The van der Waals surface area contributed by atoms with Crippen molar-refractivity contribution in [1.29, 1.82) is 0 Å². The van der Waals surface area contributed by atoms with E-state index in [1.54, 1.807) is 0 Å². The van der Waals surface area contributed by atoms with E-state index in [1.807, 2.05) is 41.7 Å². The number of fused-ring (bicyclic) bond motifs is 2. The molecular weight excluding hydrogens is 292 g/mol. The Kier molecular flexibility index (Phi) is 3.15. The monoisotopic (exact) mass is 310 g/mol. The minimum absolute atomic E-state index is 0.113. The van der Waals surface area contributed by atoms with E-state index >= 15 is 0 Å². The van der Waals surface area contributed by atoms with Crippen molar-refractivity contribution in [1.82, 2.24) is 0 Å². The first-order chi connectivity index (χ1) is 10.6. The third-order valence-electron chi connectivity index (χ3n) is 4.41. The second-order valence-electron chi connectivity index (χ2n) is 6.02. The third-order valence-corrected chi connectivity index (χ3v) is 5.50. The summed E-state index contributed by atoms with van der Waals surface area (Å²) in [6.07, 6.45) is 1.14. The predicted molar refractivity (Wildman–Crippen MR) is 92.2 cm³/mol. The van der Waals surface area contributed by atoms with Crippen LogP contribution in [0.5, 0.6) is 0 Å². The Morgan fingerprint density at radius 3 is 2.73 bits per heavy atom. The van der Waals surface area contributed by atoms with Crippen LogP contribution in [-0.2, 0) is 13.0 Å². The number of amides is 1. The van der Waals surface area contributed by atoms with Crippen molar-refractivity contribution in [2.24, 2.45) is 0 Å². The average molecular weight is 310 g/mol. The molecule has 0 unspecified atom stereocenters. The lowest BCUT2D eigenvalue weighted by Gasteiger charge is -2.16. The Morgan fingerprint density at radius 2 is 1.91 bits per heavy atom. The van der Waals surface area contributed by atoms with Gasteiger partial charge in [0.2, 0.25) is 0 Å². The fourth-order valence-corrected chi connectivity index (χ4v) is 4.20. The summed E-state index contributed by atoms with van der Waals surface area (Å²) in [6, 6.07) is 12.6. The molecule has 2 aliphatic heterocycles. The topological polar surface area (TPSA) is 23.6 Å². The average Bonchev–Trinajstić information content (AvgIpc) is 3.11. The zero-order chi connectivity index (χ0) is 15.3. The molecule has 2 aromatic carbocycles. The highest BCUT2D eigenvalue weighted by atomic mass is 32.2. The zero-order valence-electron chi connectivity index (χ0n) is 12.8. The van der Waals surface area contributed by atoms with Crippen LogP contribution in [0.4, 0.5) is 11.4 Å². The van der Waals surface area contributed by atoms with Crippen molar-refractivity contribution >= 4 is 29.0 Å². The first kappa shape index (κ1) is 13.7. The van der Waals surface area contributed by atoms with Crippen molar-refractivity contribution < 1.29 is 4.79 Å². The number of carbonyl (C=O) groups excluding carboxylic acids is 1. The molecule has 2 aromatic rings. The summed E-state index contributed by atoms with van der Waals surface area (Å²) in [5.74, 6) is 1.26. The van der Waals surface area contributed by atoms with E-state index in [9.17, 15) is 4.79 Å². The van der Waals surface area contributed by atoms with E-state index in [1.165, 1.54) is 10.5 Å². The van der Waals surface area contributed by atoms with Gasteiger partial charge < -0.3 is 9.80 Å². The Morgan fingerprint density at radius 1 is 1.09 bits per heavy atom. The fourth-order valence-electron chi connectivity index (χ4n) is 3.10. The molecule has 0 fully saturated rings. The van der Waals surface area contributed by atoms with Crippen LogP contribution in [0, 0.1) is 0 Å². The molecule has 3 nitrogen and oxygen atoms in total. The standard InChI is InChI=1S/C18H18N2OS/c1-19(2)14-5-4-13-11-20(18(21)16(13)9-14)15-6-3-12-7-8-22-17(12)10-15/h3-6,9-10H,7-8,11H2,1-2H3. The van der Waals surface area contributed by atoms with Crippen LogP contribution in [0.2, 0.25) is 0 Å². The van der Waals surface area contributed by atoms with Gasteiger partial charge in [-0.15, -0.1) is 11.8 Å². The summed E-state index contributed by atoms with van der Waals surface area (Å²) in [7, 11) is 3.99. The summed E-state index contributed by atoms with van der Waals surface area (Å²) in [6.45, 7) is 0.672. The molecule has 0 spiro atoms. The largest absolute Gasteiger partial charge is 0.378 e. The van der Waals surface area contributed by atoms with Crippen LogP contribution < -0.4 is 9.80 Å². The van der Waals surface area contributed by atoms with E-state index in [2.05, 4.69) is 30.3 Å². The number of hydrogen-bond donors (Lipinski definition) is 0. The number of nitrogens with zero attached hydrogens (tertiary/aromatic N) is 2. The van der Waals surface area contributed by atoms with Crippen LogP contribution in [0.3, 0.4) is 0 Å². The fraction of sp³-hybridized carbons (Fsp3) is 0.278. The smallest absolute Gasteiger partial charge is 0.259 e. The summed E-state index contributed by atoms with van der Waals surface area (Å²) in [5, 5.41) is 0. The van der Waals surface area contributed by atoms with Crippen molar-refractivity contribution in [2.45, 2.75) is 17.9 Å². The number of anilines is 2.